The Morgan fingerprint density at radius 1 is 1.15 bits per heavy atom. The van der Waals surface area contributed by atoms with Crippen molar-refractivity contribution in [2.24, 2.45) is 5.41 Å². The second-order valence-electron chi connectivity index (χ2n) is 10.2. The van der Waals surface area contributed by atoms with E-state index in [-0.39, 0.29) is 18.6 Å². The maximum atomic E-state index is 13.6. The summed E-state index contributed by atoms with van der Waals surface area (Å²) in [6.07, 6.45) is -3.05. The molecule has 3 N–H and O–H groups in total. The monoisotopic (exact) mass is 596 g/mol. The molecule has 1 aliphatic carbocycles. The highest BCUT2D eigenvalue weighted by atomic mass is 35.5. The van der Waals surface area contributed by atoms with E-state index in [1.165, 1.54) is 6.20 Å². The second-order valence-corrected chi connectivity index (χ2v) is 12.1. The number of ether oxygens (including phenoxy) is 1. The van der Waals surface area contributed by atoms with E-state index in [1.807, 2.05) is 34.3 Å². The maximum Gasteiger partial charge on any atom is 0.397 e. The van der Waals surface area contributed by atoms with Crippen molar-refractivity contribution in [1.29, 1.82) is 0 Å². The van der Waals surface area contributed by atoms with E-state index in [0.29, 0.717) is 54.0 Å². The van der Waals surface area contributed by atoms with Crippen molar-refractivity contribution in [2.45, 2.75) is 31.7 Å². The third kappa shape index (κ3) is 5.90. The SMILES string of the molecule is Cc1cc(C[S+](O)N2CCN(c3cnn(-c4cccc(Cl)c4)c(=O)c3OCC3(C(F)(F)F)CC3)CC2)ccc1N. The molecule has 1 unspecified atom stereocenters. The first-order valence-electron chi connectivity index (χ1n) is 12.8. The molecule has 214 valence electrons. The van der Waals surface area contributed by atoms with Gasteiger partial charge in [0.1, 0.15) is 17.7 Å². The standard InChI is InChI=1S/C27H30ClF3N5O3S/c1-18-13-19(5-6-22(18)32)16-40(38)35-11-9-34(10-12-35)23-15-33-36(21-4-2-3-20(28)14-21)25(37)24(23)39-17-26(7-8-26)27(29,30)31/h2-6,13-15,38H,7-12,16-17,32H2,1H3/q+1. The number of anilines is 2. The zero-order valence-electron chi connectivity index (χ0n) is 21.8. The summed E-state index contributed by atoms with van der Waals surface area (Å²) >= 11 is 5.05. The van der Waals surface area contributed by atoms with Crippen LogP contribution in [0.25, 0.3) is 5.69 Å². The fraction of sp³-hybridized carbons (Fsp3) is 0.407. The molecule has 8 nitrogen and oxygen atoms in total. The van der Waals surface area contributed by atoms with Crippen LogP contribution in [0.5, 0.6) is 5.75 Å². The van der Waals surface area contributed by atoms with E-state index in [4.69, 9.17) is 22.1 Å². The van der Waals surface area contributed by atoms with E-state index < -0.39 is 35.1 Å². The molecule has 13 heteroatoms. The van der Waals surface area contributed by atoms with Crippen molar-refractivity contribution >= 4 is 34.3 Å². The van der Waals surface area contributed by atoms with E-state index in [9.17, 15) is 22.5 Å². The minimum absolute atomic E-state index is 0.0373. The van der Waals surface area contributed by atoms with Gasteiger partial charge in [-0.1, -0.05) is 28.0 Å². The van der Waals surface area contributed by atoms with Crippen LogP contribution in [-0.2, 0) is 17.1 Å². The van der Waals surface area contributed by atoms with Crippen molar-refractivity contribution in [3.63, 3.8) is 0 Å². The first-order valence-corrected chi connectivity index (χ1v) is 14.5. The van der Waals surface area contributed by atoms with E-state index in [0.717, 1.165) is 15.8 Å². The normalized spacial score (nSPS) is 18.0. The molecular weight excluding hydrogens is 567 g/mol. The fourth-order valence-corrected chi connectivity index (χ4v) is 6.09. The second kappa shape index (κ2) is 11.2. The third-order valence-corrected chi connectivity index (χ3v) is 9.21. The van der Waals surface area contributed by atoms with Crippen molar-refractivity contribution in [1.82, 2.24) is 14.1 Å². The number of nitrogens with zero attached hydrogens (tertiary/aromatic N) is 4. The van der Waals surface area contributed by atoms with E-state index in [2.05, 4.69) is 5.10 Å². The number of aromatic nitrogens is 2. The van der Waals surface area contributed by atoms with Gasteiger partial charge in [-0.15, -0.1) is 0 Å². The minimum atomic E-state index is -4.42. The first kappa shape index (κ1) is 28.6. The lowest BCUT2D eigenvalue weighted by molar-refractivity contribution is -0.194. The van der Waals surface area contributed by atoms with Gasteiger partial charge in [-0.25, -0.2) is 0 Å². The summed E-state index contributed by atoms with van der Waals surface area (Å²) in [5, 5.41) is 4.68. The van der Waals surface area contributed by atoms with E-state index in [1.54, 1.807) is 24.3 Å². The number of nitrogens with two attached hydrogens (primary N) is 1. The van der Waals surface area contributed by atoms with Crippen LogP contribution < -0.4 is 20.9 Å². The number of benzene rings is 2. The molecule has 1 aliphatic heterocycles. The smallest absolute Gasteiger partial charge is 0.397 e. The summed E-state index contributed by atoms with van der Waals surface area (Å²) in [5.74, 6) is 0.269. The minimum Gasteiger partial charge on any atom is -0.485 e. The van der Waals surface area contributed by atoms with Crippen LogP contribution in [-0.4, -0.2) is 57.6 Å². The van der Waals surface area contributed by atoms with Crippen LogP contribution in [0.15, 0.2) is 53.5 Å². The van der Waals surface area contributed by atoms with Gasteiger partial charge in [-0.2, -0.15) is 27.5 Å². The Kier molecular flexibility index (Phi) is 7.97. The van der Waals surface area contributed by atoms with Gasteiger partial charge < -0.3 is 15.4 Å². The Balaban J connectivity index is 1.35. The lowest BCUT2D eigenvalue weighted by Crippen LogP contribution is -2.49. The molecule has 0 bridgehead atoms. The number of hydrogen-bond donors (Lipinski definition) is 2. The molecule has 2 aliphatic rings. The predicted octanol–water partition coefficient (Wildman–Crippen LogP) is 4.83. The van der Waals surface area contributed by atoms with Crippen LogP contribution in [0.3, 0.4) is 0 Å². The zero-order valence-corrected chi connectivity index (χ0v) is 23.4. The Hall–Kier alpha value is -2.93. The number of hydrogen-bond acceptors (Lipinski definition) is 7. The third-order valence-electron chi connectivity index (χ3n) is 7.42. The van der Waals surface area contributed by atoms with Crippen molar-refractivity contribution < 1.29 is 22.5 Å². The number of halogens is 4. The molecule has 1 atom stereocenters. The maximum absolute atomic E-state index is 13.6. The van der Waals surface area contributed by atoms with Gasteiger partial charge >= 0.3 is 11.7 Å². The van der Waals surface area contributed by atoms with Crippen molar-refractivity contribution in [2.75, 3.05) is 43.4 Å². The Morgan fingerprint density at radius 3 is 2.50 bits per heavy atom. The number of rotatable bonds is 8. The summed E-state index contributed by atoms with van der Waals surface area (Å²) in [4.78, 5) is 15.4. The van der Waals surface area contributed by atoms with Crippen LogP contribution in [0.4, 0.5) is 24.5 Å². The summed E-state index contributed by atoms with van der Waals surface area (Å²) < 4.78 is 60.5. The average molecular weight is 597 g/mol. The van der Waals surface area contributed by atoms with Crippen LogP contribution >= 0.6 is 11.6 Å². The lowest BCUT2D eigenvalue weighted by Gasteiger charge is -2.33. The van der Waals surface area contributed by atoms with Gasteiger partial charge in [0.05, 0.1) is 25.0 Å². The molecule has 0 amide bonds. The Labute approximate surface area is 237 Å². The first-order chi connectivity index (χ1) is 19.0. The number of piperazine rings is 1. The summed E-state index contributed by atoms with van der Waals surface area (Å²) in [7, 11) is 0. The van der Waals surface area contributed by atoms with Crippen molar-refractivity contribution in [3.05, 3.63) is 75.2 Å². The van der Waals surface area contributed by atoms with Gasteiger partial charge in [0, 0.05) is 29.4 Å². The highest BCUT2D eigenvalue weighted by Crippen LogP contribution is 2.57. The van der Waals surface area contributed by atoms with Gasteiger partial charge in [0.25, 0.3) is 0 Å². The zero-order chi connectivity index (χ0) is 28.7. The van der Waals surface area contributed by atoms with Gasteiger partial charge in [0.2, 0.25) is 17.1 Å². The molecule has 5 rings (SSSR count). The number of nitrogen functional groups attached to an aromatic ring is 1. The molecule has 3 aromatic rings. The summed E-state index contributed by atoms with van der Waals surface area (Å²) in [6, 6.07) is 12.1. The Bertz CT molecular complexity index is 1440. The molecule has 0 spiro atoms. The molecule has 2 aromatic carbocycles. The molecule has 1 aromatic heterocycles. The predicted molar refractivity (Wildman–Crippen MR) is 151 cm³/mol. The number of alkyl halides is 3. The molecule has 1 saturated carbocycles. The highest BCUT2D eigenvalue weighted by Gasteiger charge is 2.64. The molecular formula is C27H30ClF3N5O3S+. The fourth-order valence-electron chi connectivity index (χ4n) is 4.66. The lowest BCUT2D eigenvalue weighted by atomic mass is 10.1. The van der Waals surface area contributed by atoms with Crippen LogP contribution in [0.2, 0.25) is 5.02 Å². The molecule has 2 fully saturated rings. The topological polar surface area (TPSA) is 96.8 Å². The highest BCUT2D eigenvalue weighted by molar-refractivity contribution is 7.88. The molecule has 2 heterocycles. The molecule has 1 saturated heterocycles. The molecule has 0 radical (unpaired) electrons. The van der Waals surface area contributed by atoms with Gasteiger partial charge in [0.15, 0.2) is 5.75 Å². The summed E-state index contributed by atoms with van der Waals surface area (Å²) in [6.45, 7) is 3.09. The Morgan fingerprint density at radius 2 is 1.88 bits per heavy atom. The van der Waals surface area contributed by atoms with Crippen molar-refractivity contribution in [3.8, 4) is 11.4 Å². The van der Waals surface area contributed by atoms with Crippen LogP contribution in [0.1, 0.15) is 24.0 Å². The molecule has 40 heavy (non-hydrogen) atoms. The summed E-state index contributed by atoms with van der Waals surface area (Å²) in [5.41, 5.74) is 6.61. The van der Waals surface area contributed by atoms with Crippen LogP contribution in [0, 0.1) is 12.3 Å². The van der Waals surface area contributed by atoms with Gasteiger partial charge in [-0.05, 0) is 55.7 Å². The van der Waals surface area contributed by atoms with Gasteiger partial charge in [-0.3, -0.25) is 4.79 Å². The van der Waals surface area contributed by atoms with E-state index >= 15 is 0 Å². The quantitative estimate of drug-likeness (QED) is 0.284. The average Bonchev–Trinajstić information content (AvgIpc) is 3.72. The largest absolute Gasteiger partial charge is 0.485 e. The number of aryl methyl sites for hydroxylation is 1.